The molecule has 0 aliphatic carbocycles. The van der Waals surface area contributed by atoms with Gasteiger partial charge in [0.1, 0.15) is 0 Å². The number of carbonyl (C=O) groups is 1. The molecule has 2 rings (SSSR count). The molecule has 0 bridgehead atoms. The molecule has 1 aliphatic heterocycles. The molecule has 1 aliphatic rings. The van der Waals surface area contributed by atoms with E-state index in [0.717, 1.165) is 32.4 Å². The summed E-state index contributed by atoms with van der Waals surface area (Å²) in [5, 5.41) is 6.00. The second kappa shape index (κ2) is 12.2. The monoisotopic (exact) mass is 417 g/mol. The molecule has 0 aromatic carbocycles. The summed E-state index contributed by atoms with van der Waals surface area (Å²) >= 11 is 0. The van der Waals surface area contributed by atoms with Crippen molar-refractivity contribution >= 4 is 30.7 Å². The molecule has 10 heteroatoms. The van der Waals surface area contributed by atoms with Crippen LogP contribution in [0.4, 0.5) is 13.2 Å². The van der Waals surface area contributed by atoms with Crippen molar-refractivity contribution in [2.24, 2.45) is 5.92 Å². The highest BCUT2D eigenvalue weighted by atomic mass is 35.5. The van der Waals surface area contributed by atoms with Crippen LogP contribution in [0.25, 0.3) is 0 Å². The van der Waals surface area contributed by atoms with E-state index < -0.39 is 12.8 Å². The SMILES string of the molecule is Cl.Cl.O=C(CCC1CCNCC1)NCc1cccnc1OCC(F)(F)F. The predicted molar refractivity (Wildman–Crippen MR) is 97.0 cm³/mol. The van der Waals surface area contributed by atoms with Gasteiger partial charge >= 0.3 is 6.18 Å². The van der Waals surface area contributed by atoms with Gasteiger partial charge in [-0.15, -0.1) is 24.8 Å². The fourth-order valence-corrected chi connectivity index (χ4v) is 2.63. The number of rotatable bonds is 7. The highest BCUT2D eigenvalue weighted by Gasteiger charge is 2.29. The molecule has 0 saturated carbocycles. The summed E-state index contributed by atoms with van der Waals surface area (Å²) in [7, 11) is 0. The maximum absolute atomic E-state index is 12.2. The van der Waals surface area contributed by atoms with E-state index in [-0.39, 0.29) is 43.1 Å². The minimum Gasteiger partial charge on any atom is -0.468 e. The Bertz CT molecular complexity index is 542. The number of amides is 1. The zero-order chi connectivity index (χ0) is 17.4. The molecule has 5 nitrogen and oxygen atoms in total. The van der Waals surface area contributed by atoms with Crippen LogP contribution in [0.5, 0.6) is 5.88 Å². The quantitative estimate of drug-likeness (QED) is 0.714. The lowest BCUT2D eigenvalue weighted by molar-refractivity contribution is -0.154. The average molecular weight is 418 g/mol. The number of piperidine rings is 1. The third kappa shape index (κ3) is 9.45. The second-order valence-corrected chi connectivity index (χ2v) is 5.88. The zero-order valence-corrected chi connectivity index (χ0v) is 15.8. The van der Waals surface area contributed by atoms with E-state index in [0.29, 0.717) is 17.9 Å². The molecule has 1 saturated heterocycles. The van der Waals surface area contributed by atoms with Gasteiger partial charge in [0.2, 0.25) is 11.8 Å². The van der Waals surface area contributed by atoms with Crippen LogP contribution in [-0.2, 0) is 11.3 Å². The van der Waals surface area contributed by atoms with Crippen molar-refractivity contribution in [1.82, 2.24) is 15.6 Å². The maximum Gasteiger partial charge on any atom is 0.422 e. The molecule has 1 aromatic rings. The number of hydrogen-bond donors (Lipinski definition) is 2. The average Bonchev–Trinajstić information content (AvgIpc) is 2.57. The predicted octanol–water partition coefficient (Wildman–Crippen LogP) is 3.26. The van der Waals surface area contributed by atoms with Crippen LogP contribution in [0.3, 0.4) is 0 Å². The van der Waals surface area contributed by atoms with Crippen molar-refractivity contribution in [3.05, 3.63) is 23.9 Å². The van der Waals surface area contributed by atoms with Gasteiger partial charge in [0.05, 0.1) is 0 Å². The lowest BCUT2D eigenvalue weighted by Gasteiger charge is -2.22. The van der Waals surface area contributed by atoms with Crippen molar-refractivity contribution in [3.63, 3.8) is 0 Å². The molecular weight excluding hydrogens is 394 g/mol. The number of ether oxygens (including phenoxy) is 1. The Morgan fingerprint density at radius 1 is 1.31 bits per heavy atom. The number of nitrogens with one attached hydrogen (secondary N) is 2. The number of pyridine rings is 1. The molecule has 150 valence electrons. The Hall–Kier alpha value is -1.25. The molecule has 0 radical (unpaired) electrons. The van der Waals surface area contributed by atoms with E-state index in [9.17, 15) is 18.0 Å². The van der Waals surface area contributed by atoms with Gasteiger partial charge in [-0.05, 0) is 44.3 Å². The van der Waals surface area contributed by atoms with Crippen molar-refractivity contribution in [3.8, 4) is 5.88 Å². The fourth-order valence-electron chi connectivity index (χ4n) is 2.63. The van der Waals surface area contributed by atoms with Crippen LogP contribution in [0, 0.1) is 5.92 Å². The summed E-state index contributed by atoms with van der Waals surface area (Å²) in [6.07, 6.45) is 0.333. The molecule has 2 N–H and O–H groups in total. The van der Waals surface area contributed by atoms with Crippen molar-refractivity contribution < 1.29 is 22.7 Å². The van der Waals surface area contributed by atoms with E-state index in [4.69, 9.17) is 4.74 Å². The van der Waals surface area contributed by atoms with Gasteiger partial charge in [-0.1, -0.05) is 6.07 Å². The molecule has 0 spiro atoms. The number of halogens is 5. The van der Waals surface area contributed by atoms with E-state index >= 15 is 0 Å². The van der Waals surface area contributed by atoms with Gasteiger partial charge in [-0.2, -0.15) is 13.2 Å². The molecule has 0 atom stereocenters. The Balaban J connectivity index is 0.00000312. The van der Waals surface area contributed by atoms with E-state index in [1.807, 2.05) is 0 Å². The number of nitrogens with zero attached hydrogens (tertiary/aromatic N) is 1. The van der Waals surface area contributed by atoms with Gasteiger partial charge in [0, 0.05) is 24.7 Å². The first-order valence-corrected chi connectivity index (χ1v) is 8.05. The van der Waals surface area contributed by atoms with Gasteiger partial charge in [-0.25, -0.2) is 4.98 Å². The largest absolute Gasteiger partial charge is 0.468 e. The first kappa shape index (κ1) is 24.8. The number of hydrogen-bond acceptors (Lipinski definition) is 4. The van der Waals surface area contributed by atoms with Gasteiger partial charge in [0.15, 0.2) is 6.61 Å². The lowest BCUT2D eigenvalue weighted by Crippen LogP contribution is -2.29. The highest BCUT2D eigenvalue weighted by Crippen LogP contribution is 2.20. The van der Waals surface area contributed by atoms with Crippen LogP contribution < -0.4 is 15.4 Å². The molecule has 1 fully saturated rings. The van der Waals surface area contributed by atoms with Crippen LogP contribution in [-0.4, -0.2) is 36.8 Å². The Kier molecular flexibility index (Phi) is 11.6. The third-order valence-electron chi connectivity index (χ3n) is 3.94. The normalized spacial score (nSPS) is 14.7. The molecule has 26 heavy (non-hydrogen) atoms. The Morgan fingerprint density at radius 3 is 2.65 bits per heavy atom. The summed E-state index contributed by atoms with van der Waals surface area (Å²) in [6.45, 7) is 0.677. The van der Waals surface area contributed by atoms with Crippen molar-refractivity contribution in [2.45, 2.75) is 38.4 Å². The van der Waals surface area contributed by atoms with E-state index in [1.165, 1.54) is 6.20 Å². The third-order valence-corrected chi connectivity index (χ3v) is 3.94. The summed E-state index contributed by atoms with van der Waals surface area (Å²) < 4.78 is 41.4. The standard InChI is InChI=1S/C16H22F3N3O2.2ClH/c17-16(18,19)11-24-15-13(2-1-7-21-15)10-22-14(23)4-3-12-5-8-20-9-6-12;;/h1-2,7,12,20H,3-6,8-11H2,(H,22,23);2*1H. The molecule has 0 unspecified atom stereocenters. The van der Waals surface area contributed by atoms with Gasteiger partial charge < -0.3 is 15.4 Å². The number of carbonyl (C=O) groups excluding carboxylic acids is 1. The smallest absolute Gasteiger partial charge is 0.422 e. The summed E-state index contributed by atoms with van der Waals surface area (Å²) in [5.41, 5.74) is 0.428. The second-order valence-electron chi connectivity index (χ2n) is 5.88. The Morgan fingerprint density at radius 2 is 2.00 bits per heavy atom. The first-order chi connectivity index (χ1) is 11.4. The Labute approximate surface area is 163 Å². The first-order valence-electron chi connectivity index (χ1n) is 8.05. The molecular formula is C16H24Cl2F3N3O2. The number of aromatic nitrogens is 1. The molecule has 2 heterocycles. The van der Waals surface area contributed by atoms with Crippen LogP contribution in [0.15, 0.2) is 18.3 Å². The van der Waals surface area contributed by atoms with Crippen LogP contribution >= 0.6 is 24.8 Å². The van der Waals surface area contributed by atoms with Crippen molar-refractivity contribution in [2.75, 3.05) is 19.7 Å². The molecule has 1 aromatic heterocycles. The molecule has 1 amide bonds. The summed E-state index contributed by atoms with van der Waals surface area (Å²) in [5.74, 6) is 0.341. The summed E-state index contributed by atoms with van der Waals surface area (Å²) in [4.78, 5) is 15.7. The fraction of sp³-hybridized carbons (Fsp3) is 0.625. The van der Waals surface area contributed by atoms with Crippen LogP contribution in [0.2, 0.25) is 0 Å². The van der Waals surface area contributed by atoms with Crippen molar-refractivity contribution in [1.29, 1.82) is 0 Å². The minimum absolute atomic E-state index is 0. The zero-order valence-electron chi connectivity index (χ0n) is 14.2. The van der Waals surface area contributed by atoms with E-state index in [1.54, 1.807) is 12.1 Å². The topological polar surface area (TPSA) is 63.2 Å². The number of alkyl halides is 3. The van der Waals surface area contributed by atoms with E-state index in [2.05, 4.69) is 15.6 Å². The van der Waals surface area contributed by atoms with Gasteiger partial charge in [-0.3, -0.25) is 4.79 Å². The lowest BCUT2D eigenvalue weighted by atomic mass is 9.93. The highest BCUT2D eigenvalue weighted by molar-refractivity contribution is 5.85. The summed E-state index contributed by atoms with van der Waals surface area (Å²) in [6, 6.07) is 3.18. The van der Waals surface area contributed by atoms with Gasteiger partial charge in [0.25, 0.3) is 0 Å². The maximum atomic E-state index is 12.2. The minimum atomic E-state index is -4.42. The van der Waals surface area contributed by atoms with Crippen LogP contribution in [0.1, 0.15) is 31.2 Å².